The Morgan fingerprint density at radius 2 is 1.12 bits per heavy atom. The highest BCUT2D eigenvalue weighted by Gasteiger charge is 1.94. The maximum absolute atomic E-state index is 7.00. The van der Waals surface area contributed by atoms with Gasteiger partial charge in [0.1, 0.15) is 0 Å². The summed E-state index contributed by atoms with van der Waals surface area (Å²) in [5.74, 6) is 0. The third-order valence-electron chi connectivity index (χ3n) is 2.64. The number of rotatable bonds is 10. The van der Waals surface area contributed by atoms with Crippen molar-refractivity contribution in [2.45, 2.75) is 77.3 Å². The smallest absolute Gasteiger partial charge is 0.0520 e. The molecule has 3 nitrogen and oxygen atoms in total. The van der Waals surface area contributed by atoms with E-state index in [1.807, 2.05) is 0 Å². The first kappa shape index (κ1) is 18.3. The van der Waals surface area contributed by atoms with Crippen LogP contribution in [0.5, 0.6) is 0 Å². The van der Waals surface area contributed by atoms with Crippen molar-refractivity contribution in [1.29, 1.82) is 0 Å². The Balaban J connectivity index is 0. The average Bonchev–Trinajstić information content (AvgIpc) is 2.29. The predicted octanol–water partition coefficient (Wildman–Crippen LogP) is 2.76. The summed E-state index contributed by atoms with van der Waals surface area (Å²) in [5, 5.41) is 7.00. The number of aliphatic hydroxyl groups is 1. The molecule has 3 heteroatoms. The molecule has 0 fully saturated rings. The molecule has 0 aromatic carbocycles. The molecule has 0 saturated heterocycles. The minimum absolute atomic E-state index is 0.0976. The minimum Gasteiger partial charge on any atom is -0.400 e. The van der Waals surface area contributed by atoms with Crippen molar-refractivity contribution in [1.82, 2.24) is 0 Å². The molecular formula is C13H32N2O. The second-order valence-electron chi connectivity index (χ2n) is 4.28. The highest BCUT2D eigenvalue weighted by Crippen LogP contribution is 2.10. The number of aliphatic hydroxyl groups excluding tert-OH is 1. The van der Waals surface area contributed by atoms with Crippen LogP contribution in [0.2, 0.25) is 0 Å². The zero-order chi connectivity index (χ0) is 12.6. The molecule has 0 atom stereocenters. The SMILES string of the molecule is CCCCCCCCCCCC(N)N.CO. The first-order valence-electron chi connectivity index (χ1n) is 6.73. The summed E-state index contributed by atoms with van der Waals surface area (Å²) >= 11 is 0. The summed E-state index contributed by atoms with van der Waals surface area (Å²) in [7, 11) is 1.00. The third kappa shape index (κ3) is 19.5. The lowest BCUT2D eigenvalue weighted by Crippen LogP contribution is -2.29. The first-order chi connectivity index (χ1) is 7.77. The molecule has 0 aromatic heterocycles. The first-order valence-corrected chi connectivity index (χ1v) is 6.73. The van der Waals surface area contributed by atoms with E-state index >= 15 is 0 Å². The fourth-order valence-corrected chi connectivity index (χ4v) is 1.69. The molecule has 0 heterocycles. The number of unbranched alkanes of at least 4 members (excludes halogenated alkanes) is 8. The highest BCUT2D eigenvalue weighted by atomic mass is 16.2. The Bertz CT molecular complexity index is 108. The van der Waals surface area contributed by atoms with Crippen molar-refractivity contribution in [3.8, 4) is 0 Å². The molecule has 0 unspecified atom stereocenters. The van der Waals surface area contributed by atoms with Gasteiger partial charge in [-0.3, -0.25) is 0 Å². The van der Waals surface area contributed by atoms with E-state index in [1.165, 1.54) is 57.8 Å². The van der Waals surface area contributed by atoms with E-state index in [1.54, 1.807) is 0 Å². The summed E-state index contributed by atoms with van der Waals surface area (Å²) in [6.45, 7) is 2.26. The molecule has 0 aliphatic rings. The van der Waals surface area contributed by atoms with Crippen LogP contribution >= 0.6 is 0 Å². The maximum Gasteiger partial charge on any atom is 0.0520 e. The van der Waals surface area contributed by atoms with Crippen LogP contribution in [-0.2, 0) is 0 Å². The molecule has 0 aliphatic carbocycles. The van der Waals surface area contributed by atoms with Crippen LogP contribution in [-0.4, -0.2) is 18.4 Å². The standard InChI is InChI=1S/C12H28N2.CH4O/c1-2-3-4-5-6-7-8-9-10-11-12(13)14;1-2/h12H,2-11,13-14H2,1H3;2H,1H3. The maximum atomic E-state index is 7.00. The van der Waals surface area contributed by atoms with Crippen LogP contribution in [0.25, 0.3) is 0 Å². The summed E-state index contributed by atoms with van der Waals surface area (Å²) in [5.41, 5.74) is 10.9. The van der Waals surface area contributed by atoms with Gasteiger partial charge in [-0.25, -0.2) is 0 Å². The molecule has 0 saturated carbocycles. The normalized spacial score (nSPS) is 10.1. The topological polar surface area (TPSA) is 72.3 Å². The van der Waals surface area contributed by atoms with Crippen LogP contribution in [0.4, 0.5) is 0 Å². The largest absolute Gasteiger partial charge is 0.400 e. The Labute approximate surface area is 102 Å². The number of nitrogens with two attached hydrogens (primary N) is 2. The van der Waals surface area contributed by atoms with Gasteiger partial charge in [-0.15, -0.1) is 0 Å². The summed E-state index contributed by atoms with van der Waals surface area (Å²) in [6, 6.07) is 0. The van der Waals surface area contributed by atoms with Gasteiger partial charge in [-0.2, -0.15) is 0 Å². The van der Waals surface area contributed by atoms with E-state index in [-0.39, 0.29) is 6.17 Å². The monoisotopic (exact) mass is 232 g/mol. The van der Waals surface area contributed by atoms with E-state index < -0.39 is 0 Å². The second kappa shape index (κ2) is 17.3. The molecule has 0 spiro atoms. The summed E-state index contributed by atoms with van der Waals surface area (Å²) in [4.78, 5) is 0. The zero-order valence-corrected chi connectivity index (χ0v) is 11.3. The van der Waals surface area contributed by atoms with Crippen molar-refractivity contribution in [2.75, 3.05) is 7.11 Å². The zero-order valence-electron chi connectivity index (χ0n) is 11.3. The van der Waals surface area contributed by atoms with Gasteiger partial charge in [0.05, 0.1) is 6.17 Å². The van der Waals surface area contributed by atoms with E-state index in [4.69, 9.17) is 16.6 Å². The second-order valence-corrected chi connectivity index (χ2v) is 4.28. The molecule has 0 aromatic rings. The fourth-order valence-electron chi connectivity index (χ4n) is 1.69. The summed E-state index contributed by atoms with van der Waals surface area (Å²) in [6.07, 6.45) is 13.1. The third-order valence-corrected chi connectivity index (χ3v) is 2.64. The van der Waals surface area contributed by atoms with Crippen molar-refractivity contribution in [2.24, 2.45) is 11.5 Å². The summed E-state index contributed by atoms with van der Waals surface area (Å²) < 4.78 is 0. The van der Waals surface area contributed by atoms with Crippen molar-refractivity contribution < 1.29 is 5.11 Å². The van der Waals surface area contributed by atoms with Crippen molar-refractivity contribution in [3.63, 3.8) is 0 Å². The lowest BCUT2D eigenvalue weighted by atomic mass is 10.1. The number of hydrogen-bond donors (Lipinski definition) is 3. The van der Waals surface area contributed by atoms with Crippen LogP contribution in [0.1, 0.15) is 71.1 Å². The quantitative estimate of drug-likeness (QED) is 0.400. The molecule has 0 bridgehead atoms. The van der Waals surface area contributed by atoms with Gasteiger partial charge in [0, 0.05) is 7.11 Å². The molecule has 5 N–H and O–H groups in total. The average molecular weight is 232 g/mol. The Morgan fingerprint density at radius 1 is 0.750 bits per heavy atom. The van der Waals surface area contributed by atoms with Gasteiger partial charge in [0.25, 0.3) is 0 Å². The van der Waals surface area contributed by atoms with Crippen molar-refractivity contribution in [3.05, 3.63) is 0 Å². The van der Waals surface area contributed by atoms with Gasteiger partial charge in [0.15, 0.2) is 0 Å². The predicted molar refractivity (Wildman–Crippen MR) is 72.1 cm³/mol. The van der Waals surface area contributed by atoms with Crippen LogP contribution in [0.3, 0.4) is 0 Å². The minimum atomic E-state index is -0.0976. The molecule has 16 heavy (non-hydrogen) atoms. The van der Waals surface area contributed by atoms with Gasteiger partial charge < -0.3 is 16.6 Å². The molecule has 0 radical (unpaired) electrons. The molecule has 0 rings (SSSR count). The molecule has 100 valence electrons. The Kier molecular flexibility index (Phi) is 19.7. The molecule has 0 amide bonds. The van der Waals surface area contributed by atoms with Gasteiger partial charge in [-0.1, -0.05) is 64.7 Å². The van der Waals surface area contributed by atoms with E-state index in [9.17, 15) is 0 Å². The molecule has 0 aliphatic heterocycles. The van der Waals surface area contributed by atoms with Crippen LogP contribution < -0.4 is 11.5 Å². The van der Waals surface area contributed by atoms with Gasteiger partial charge >= 0.3 is 0 Å². The number of hydrogen-bond acceptors (Lipinski definition) is 3. The highest BCUT2D eigenvalue weighted by molar-refractivity contribution is 4.52. The van der Waals surface area contributed by atoms with Crippen molar-refractivity contribution >= 4 is 0 Å². The van der Waals surface area contributed by atoms with E-state index in [0.29, 0.717) is 0 Å². The fraction of sp³-hybridized carbons (Fsp3) is 1.00. The van der Waals surface area contributed by atoms with Gasteiger partial charge in [-0.05, 0) is 6.42 Å². The van der Waals surface area contributed by atoms with E-state index in [0.717, 1.165) is 13.5 Å². The van der Waals surface area contributed by atoms with Crippen LogP contribution in [0, 0.1) is 0 Å². The lowest BCUT2D eigenvalue weighted by Gasteiger charge is -2.04. The Morgan fingerprint density at radius 3 is 1.50 bits per heavy atom. The van der Waals surface area contributed by atoms with E-state index in [2.05, 4.69) is 6.92 Å². The molecular weight excluding hydrogens is 200 g/mol. The lowest BCUT2D eigenvalue weighted by molar-refractivity contribution is 0.399. The Hall–Kier alpha value is -0.120. The van der Waals surface area contributed by atoms with Crippen LogP contribution in [0.15, 0.2) is 0 Å². The van der Waals surface area contributed by atoms with Gasteiger partial charge in [0.2, 0.25) is 0 Å².